The van der Waals surface area contributed by atoms with Crippen LogP contribution in [-0.2, 0) is 35.5 Å². The Kier molecular flexibility index (Phi) is 11.3. The molecule has 2 aromatic carbocycles. The summed E-state index contributed by atoms with van der Waals surface area (Å²) in [6, 6.07) is 15.8. The summed E-state index contributed by atoms with van der Waals surface area (Å²) < 4.78 is 24.1. The van der Waals surface area contributed by atoms with Crippen molar-refractivity contribution in [3.05, 3.63) is 76.5 Å². The molecule has 3 heterocycles. The van der Waals surface area contributed by atoms with E-state index in [0.717, 1.165) is 64.5 Å². The summed E-state index contributed by atoms with van der Waals surface area (Å²) in [5, 5.41) is 1.06. The maximum atomic E-state index is 13.8. The molecule has 0 radical (unpaired) electrons. The van der Waals surface area contributed by atoms with Crippen molar-refractivity contribution in [2.24, 2.45) is 0 Å². The van der Waals surface area contributed by atoms with Crippen LogP contribution in [0.5, 0.6) is 11.6 Å². The number of fused-ring (bicyclic) bond motifs is 3. The summed E-state index contributed by atoms with van der Waals surface area (Å²) in [4.78, 5) is 37.1. The number of unbranched alkanes of at least 4 members (excludes halogenated alkanes) is 2. The van der Waals surface area contributed by atoms with Crippen molar-refractivity contribution in [1.29, 1.82) is 0 Å². The van der Waals surface area contributed by atoms with Crippen molar-refractivity contribution in [3.63, 3.8) is 0 Å². The minimum absolute atomic E-state index is 0.130. The van der Waals surface area contributed by atoms with Crippen molar-refractivity contribution in [2.45, 2.75) is 98.8 Å². The average molecular weight is 656 g/mol. The van der Waals surface area contributed by atoms with Crippen LogP contribution >= 0.6 is 0 Å². The van der Waals surface area contributed by atoms with Gasteiger partial charge in [-0.25, -0.2) is 14.6 Å². The second-order valence-electron chi connectivity index (χ2n) is 13.3. The van der Waals surface area contributed by atoms with E-state index in [1.807, 2.05) is 64.1 Å². The van der Waals surface area contributed by atoms with Gasteiger partial charge in [-0.2, -0.15) is 0 Å². The topological polar surface area (TPSA) is 103 Å². The molecule has 9 heteroatoms. The lowest BCUT2D eigenvalue weighted by molar-refractivity contribution is 0.0224. The molecule has 1 N–H and O–H groups in total. The molecule has 2 aromatic heterocycles. The number of pyridine rings is 1. The zero-order valence-corrected chi connectivity index (χ0v) is 29.2. The van der Waals surface area contributed by atoms with Gasteiger partial charge in [-0.05, 0) is 51.7 Å². The number of esters is 1. The first-order valence-corrected chi connectivity index (χ1v) is 17.3. The Hall–Kier alpha value is -4.53. The monoisotopic (exact) mass is 655 g/mol. The largest absolute Gasteiger partial charge is 0.492 e. The molecule has 0 spiro atoms. The number of carbonyl (C=O) groups excluding carboxylic acids is 2. The van der Waals surface area contributed by atoms with Crippen molar-refractivity contribution in [2.75, 3.05) is 19.8 Å². The number of H-pyrrole nitrogens is 1. The van der Waals surface area contributed by atoms with Crippen LogP contribution in [0.15, 0.2) is 48.5 Å². The smallest absolute Gasteiger partial charge is 0.410 e. The highest BCUT2D eigenvalue weighted by atomic mass is 16.6. The summed E-state index contributed by atoms with van der Waals surface area (Å²) in [6.07, 6.45) is 4.54. The van der Waals surface area contributed by atoms with Crippen LogP contribution in [0, 0.1) is 0 Å². The van der Waals surface area contributed by atoms with Crippen LogP contribution in [0.1, 0.15) is 100.0 Å². The molecular weight excluding hydrogens is 606 g/mol. The molecule has 256 valence electrons. The molecule has 0 unspecified atom stereocenters. The Labute approximate surface area is 283 Å². The minimum Gasteiger partial charge on any atom is -0.492 e. The van der Waals surface area contributed by atoms with E-state index in [0.29, 0.717) is 50.6 Å². The Balaban J connectivity index is 1.55. The molecule has 9 nitrogen and oxygen atoms in total. The Bertz CT molecular complexity index is 1720. The van der Waals surface area contributed by atoms with Gasteiger partial charge in [0, 0.05) is 46.3 Å². The molecule has 5 rings (SSSR count). The summed E-state index contributed by atoms with van der Waals surface area (Å²) in [5.41, 5.74) is 6.17. The molecule has 0 fully saturated rings. The van der Waals surface area contributed by atoms with Crippen LogP contribution in [0.4, 0.5) is 4.79 Å². The van der Waals surface area contributed by atoms with Gasteiger partial charge >= 0.3 is 12.1 Å². The Morgan fingerprint density at radius 3 is 2.38 bits per heavy atom. The maximum Gasteiger partial charge on any atom is 0.410 e. The second-order valence-corrected chi connectivity index (χ2v) is 13.3. The number of nitrogens with zero attached hydrogens (tertiary/aromatic N) is 2. The number of benzene rings is 2. The molecule has 1 aliphatic heterocycles. The first-order valence-electron chi connectivity index (χ1n) is 17.3. The molecule has 0 saturated carbocycles. The lowest BCUT2D eigenvalue weighted by Gasteiger charge is -2.30. The van der Waals surface area contributed by atoms with Gasteiger partial charge < -0.3 is 28.8 Å². The summed E-state index contributed by atoms with van der Waals surface area (Å²) in [5.74, 6) is 0.172. The third-order valence-electron chi connectivity index (χ3n) is 8.37. The van der Waals surface area contributed by atoms with Crippen LogP contribution in [0.2, 0.25) is 0 Å². The Morgan fingerprint density at radius 2 is 1.69 bits per heavy atom. The number of nitrogens with one attached hydrogen (secondary N) is 1. The van der Waals surface area contributed by atoms with Gasteiger partial charge in [0.25, 0.3) is 0 Å². The highest BCUT2D eigenvalue weighted by molar-refractivity contribution is 5.97. The van der Waals surface area contributed by atoms with Gasteiger partial charge in [-0.3, -0.25) is 0 Å². The normalized spacial score (nSPS) is 12.9. The van der Waals surface area contributed by atoms with Gasteiger partial charge in [0.15, 0.2) is 5.56 Å². The van der Waals surface area contributed by atoms with E-state index < -0.39 is 11.6 Å². The number of hydrogen-bond donors (Lipinski definition) is 1. The fourth-order valence-corrected chi connectivity index (χ4v) is 5.87. The van der Waals surface area contributed by atoms with Crippen LogP contribution in [0.3, 0.4) is 0 Å². The van der Waals surface area contributed by atoms with Crippen molar-refractivity contribution in [3.8, 4) is 22.9 Å². The lowest BCUT2D eigenvalue weighted by Crippen LogP contribution is -2.39. The second kappa shape index (κ2) is 15.6. The first-order chi connectivity index (χ1) is 23.1. The fraction of sp³-hybridized carbons (Fsp3) is 0.462. The number of aromatic amines is 1. The first kappa shape index (κ1) is 34.8. The van der Waals surface area contributed by atoms with Crippen LogP contribution in [-0.4, -0.2) is 52.3 Å². The molecule has 0 atom stereocenters. The van der Waals surface area contributed by atoms with Crippen LogP contribution < -0.4 is 9.47 Å². The zero-order chi connectivity index (χ0) is 34.3. The van der Waals surface area contributed by atoms with E-state index in [2.05, 4.69) is 31.0 Å². The molecular formula is C39H49N3O6. The number of carbonyl (C=O) groups is 2. The number of rotatable bonds is 13. The molecule has 1 amide bonds. The van der Waals surface area contributed by atoms with E-state index in [4.69, 9.17) is 23.9 Å². The molecule has 0 saturated heterocycles. The standard InChI is InChI=1S/C39H49N3O6/c1-7-10-21-45-35-28(9-3)34(41-36(46-22-11-8-2)33(35)37(43)47-25-26-15-13-12-14-16-26)27-17-18-29-30-24-42(38(44)48-39(4,5)6)20-19-31(30)40-32(29)23-27/h12-18,23,40H,7-11,19-22,24-25H2,1-6H3. The van der Waals surface area contributed by atoms with Crippen molar-refractivity contribution in [1.82, 2.24) is 14.9 Å². The van der Waals surface area contributed by atoms with E-state index >= 15 is 0 Å². The SMILES string of the molecule is CCCCOc1nc(-c2ccc3c4c([nH]c3c2)CCN(C(=O)OC(C)(C)C)C4)c(CC)c(OCCCC)c1C(=O)OCc1ccccc1. The predicted octanol–water partition coefficient (Wildman–Crippen LogP) is 8.80. The average Bonchev–Trinajstić information content (AvgIpc) is 3.44. The highest BCUT2D eigenvalue weighted by Crippen LogP contribution is 2.40. The van der Waals surface area contributed by atoms with Gasteiger partial charge in [0.1, 0.15) is 18.0 Å². The van der Waals surface area contributed by atoms with Gasteiger partial charge in [-0.1, -0.05) is 76.1 Å². The summed E-state index contributed by atoms with van der Waals surface area (Å²) >= 11 is 0. The highest BCUT2D eigenvalue weighted by Gasteiger charge is 2.30. The van der Waals surface area contributed by atoms with E-state index in [-0.39, 0.29) is 24.1 Å². The Morgan fingerprint density at radius 1 is 0.958 bits per heavy atom. The van der Waals surface area contributed by atoms with Gasteiger partial charge in [-0.15, -0.1) is 0 Å². The van der Waals surface area contributed by atoms with Gasteiger partial charge in [0.2, 0.25) is 5.88 Å². The van der Waals surface area contributed by atoms with E-state index in [9.17, 15) is 9.59 Å². The maximum absolute atomic E-state index is 13.8. The number of amides is 1. The fourth-order valence-electron chi connectivity index (χ4n) is 5.87. The third-order valence-corrected chi connectivity index (χ3v) is 8.37. The molecule has 0 aliphatic carbocycles. The van der Waals surface area contributed by atoms with E-state index in [1.165, 1.54) is 0 Å². The number of aromatic nitrogens is 2. The predicted molar refractivity (Wildman–Crippen MR) is 188 cm³/mol. The third kappa shape index (κ3) is 8.12. The molecule has 48 heavy (non-hydrogen) atoms. The number of ether oxygens (including phenoxy) is 4. The van der Waals surface area contributed by atoms with E-state index in [1.54, 1.807) is 4.90 Å². The number of hydrogen-bond acceptors (Lipinski definition) is 7. The minimum atomic E-state index is -0.553. The zero-order valence-electron chi connectivity index (χ0n) is 29.2. The van der Waals surface area contributed by atoms with Crippen LogP contribution in [0.25, 0.3) is 22.2 Å². The van der Waals surface area contributed by atoms with Crippen molar-refractivity contribution < 1.29 is 28.5 Å². The summed E-state index contributed by atoms with van der Waals surface area (Å²) in [7, 11) is 0. The quantitative estimate of drug-likeness (QED) is 0.113. The molecule has 1 aliphatic rings. The van der Waals surface area contributed by atoms with Gasteiger partial charge in [0.05, 0.1) is 25.5 Å². The molecule has 0 bridgehead atoms. The summed E-state index contributed by atoms with van der Waals surface area (Å²) in [6.45, 7) is 13.9. The van der Waals surface area contributed by atoms with Crippen molar-refractivity contribution >= 4 is 23.0 Å². The molecule has 4 aromatic rings. The lowest BCUT2D eigenvalue weighted by atomic mass is 9.98.